The van der Waals surface area contributed by atoms with Crippen LogP contribution in [-0.4, -0.2) is 68.4 Å². The zero-order valence-corrected chi connectivity index (χ0v) is 14.1. The van der Waals surface area contributed by atoms with Crippen LogP contribution < -0.4 is 10.6 Å². The second kappa shape index (κ2) is 7.11. The van der Waals surface area contributed by atoms with Crippen molar-refractivity contribution in [2.24, 2.45) is 4.99 Å². The van der Waals surface area contributed by atoms with E-state index in [-0.39, 0.29) is 18.2 Å². The van der Waals surface area contributed by atoms with E-state index >= 15 is 0 Å². The van der Waals surface area contributed by atoms with Crippen LogP contribution in [0.25, 0.3) is 0 Å². The van der Waals surface area contributed by atoms with Gasteiger partial charge in [0.15, 0.2) is 15.8 Å². The second-order valence-electron chi connectivity index (χ2n) is 5.62. The van der Waals surface area contributed by atoms with Gasteiger partial charge < -0.3 is 15.5 Å². The summed E-state index contributed by atoms with van der Waals surface area (Å²) < 4.78 is 23.2. The third-order valence-electron chi connectivity index (χ3n) is 3.42. The van der Waals surface area contributed by atoms with E-state index < -0.39 is 14.6 Å². The summed E-state index contributed by atoms with van der Waals surface area (Å²) >= 11 is 0. The second-order valence-corrected chi connectivity index (χ2v) is 8.37. The Labute approximate surface area is 127 Å². The van der Waals surface area contributed by atoms with E-state index in [2.05, 4.69) is 15.6 Å². The molecule has 0 spiro atoms. The highest BCUT2D eigenvalue weighted by Gasteiger charge is 2.40. The Morgan fingerprint density at radius 1 is 1.24 bits per heavy atom. The predicted octanol–water partition coefficient (Wildman–Crippen LogP) is -0.403. The molecule has 0 unspecified atom stereocenters. The van der Waals surface area contributed by atoms with Gasteiger partial charge in [0.1, 0.15) is 6.54 Å². The van der Waals surface area contributed by atoms with Gasteiger partial charge in [-0.15, -0.1) is 0 Å². The standard InChI is InChI=1S/C13H26N4O3S/c1-5-14-11(18)9-16-12(15-6-2)17-7-8-21(19,20)13(3,4)10-17/h5-10H2,1-4H3,(H,14,18)(H,15,16). The lowest BCUT2D eigenvalue weighted by Gasteiger charge is -2.39. The first-order valence-electron chi connectivity index (χ1n) is 7.25. The molecule has 7 nitrogen and oxygen atoms in total. The molecule has 21 heavy (non-hydrogen) atoms. The Hall–Kier alpha value is -1.31. The predicted molar refractivity (Wildman–Crippen MR) is 84.1 cm³/mol. The fraction of sp³-hybridized carbons (Fsp3) is 0.846. The average molecular weight is 318 g/mol. The Kier molecular flexibility index (Phi) is 6.00. The number of aliphatic imine (C=N–C) groups is 1. The first-order chi connectivity index (χ1) is 9.73. The lowest BCUT2D eigenvalue weighted by Crippen LogP contribution is -2.57. The number of nitrogens with one attached hydrogen (secondary N) is 2. The van der Waals surface area contributed by atoms with Crippen molar-refractivity contribution in [3.8, 4) is 0 Å². The van der Waals surface area contributed by atoms with Gasteiger partial charge in [0.25, 0.3) is 0 Å². The van der Waals surface area contributed by atoms with E-state index in [0.29, 0.717) is 32.1 Å². The average Bonchev–Trinajstić information content (AvgIpc) is 2.38. The molecule has 0 aromatic heterocycles. The van der Waals surface area contributed by atoms with Gasteiger partial charge in [-0.1, -0.05) is 0 Å². The molecule has 1 aliphatic heterocycles. The Bertz CT molecular complexity index is 500. The number of amides is 1. The number of carbonyl (C=O) groups excluding carboxylic acids is 1. The first-order valence-corrected chi connectivity index (χ1v) is 8.91. The molecule has 1 aliphatic rings. The summed E-state index contributed by atoms with van der Waals surface area (Å²) in [6, 6.07) is 0. The first kappa shape index (κ1) is 17.7. The Morgan fingerprint density at radius 2 is 1.86 bits per heavy atom. The molecule has 1 saturated heterocycles. The SMILES string of the molecule is CCNC(=O)CN=C(NCC)N1CCS(=O)(=O)C(C)(C)C1. The molecule has 1 rings (SSSR count). The van der Waals surface area contributed by atoms with E-state index in [1.807, 2.05) is 18.7 Å². The van der Waals surface area contributed by atoms with Gasteiger partial charge in [-0.2, -0.15) is 0 Å². The molecule has 0 bridgehead atoms. The van der Waals surface area contributed by atoms with Crippen LogP contribution in [0.15, 0.2) is 4.99 Å². The number of nitrogens with zero attached hydrogens (tertiary/aromatic N) is 2. The van der Waals surface area contributed by atoms with Crippen LogP contribution in [0.5, 0.6) is 0 Å². The molecule has 8 heteroatoms. The summed E-state index contributed by atoms with van der Waals surface area (Å²) in [5.41, 5.74) is 0. The molecule has 0 aromatic carbocycles. The van der Waals surface area contributed by atoms with Gasteiger partial charge in [-0.3, -0.25) is 4.79 Å². The molecule has 1 amide bonds. The molecule has 2 N–H and O–H groups in total. The minimum atomic E-state index is -3.09. The van der Waals surface area contributed by atoms with E-state index in [1.165, 1.54) is 0 Å². The van der Waals surface area contributed by atoms with Gasteiger partial charge >= 0.3 is 0 Å². The summed E-state index contributed by atoms with van der Waals surface area (Å²) in [7, 11) is -3.09. The van der Waals surface area contributed by atoms with Crippen LogP contribution in [0.1, 0.15) is 27.7 Å². The molecule has 0 radical (unpaired) electrons. The quantitative estimate of drug-likeness (QED) is 0.543. The molecule has 122 valence electrons. The Balaban J connectivity index is 2.82. The van der Waals surface area contributed by atoms with Crippen molar-refractivity contribution in [2.45, 2.75) is 32.4 Å². The van der Waals surface area contributed by atoms with E-state index in [9.17, 15) is 13.2 Å². The zero-order chi connectivity index (χ0) is 16.1. The van der Waals surface area contributed by atoms with Crippen LogP contribution in [0.2, 0.25) is 0 Å². The van der Waals surface area contributed by atoms with Crippen molar-refractivity contribution in [3.05, 3.63) is 0 Å². The molecule has 0 aliphatic carbocycles. The fourth-order valence-electron chi connectivity index (χ4n) is 2.15. The van der Waals surface area contributed by atoms with Crippen LogP contribution >= 0.6 is 0 Å². The van der Waals surface area contributed by atoms with Crippen molar-refractivity contribution in [2.75, 3.05) is 38.5 Å². The van der Waals surface area contributed by atoms with Crippen molar-refractivity contribution in [3.63, 3.8) is 0 Å². The topological polar surface area (TPSA) is 90.9 Å². The monoisotopic (exact) mass is 318 g/mol. The van der Waals surface area contributed by atoms with E-state index in [1.54, 1.807) is 13.8 Å². The molecular weight excluding hydrogens is 292 g/mol. The number of hydrogen-bond acceptors (Lipinski definition) is 4. The van der Waals surface area contributed by atoms with Crippen LogP contribution in [0.3, 0.4) is 0 Å². The van der Waals surface area contributed by atoms with E-state index in [4.69, 9.17) is 0 Å². The van der Waals surface area contributed by atoms with E-state index in [0.717, 1.165) is 0 Å². The smallest absolute Gasteiger partial charge is 0.241 e. The Morgan fingerprint density at radius 3 is 2.38 bits per heavy atom. The zero-order valence-electron chi connectivity index (χ0n) is 13.3. The summed E-state index contributed by atoms with van der Waals surface area (Å²) in [5, 5.41) is 5.80. The highest BCUT2D eigenvalue weighted by molar-refractivity contribution is 7.92. The number of sulfone groups is 1. The van der Waals surface area contributed by atoms with Crippen molar-refractivity contribution in [1.29, 1.82) is 0 Å². The maximum absolute atomic E-state index is 12.0. The minimum absolute atomic E-state index is 0.0415. The highest BCUT2D eigenvalue weighted by atomic mass is 32.2. The highest BCUT2D eigenvalue weighted by Crippen LogP contribution is 2.23. The summed E-state index contributed by atoms with van der Waals surface area (Å²) in [4.78, 5) is 17.7. The van der Waals surface area contributed by atoms with Crippen molar-refractivity contribution in [1.82, 2.24) is 15.5 Å². The number of likely N-dealkylation sites (N-methyl/N-ethyl adjacent to an activating group) is 1. The molecule has 0 atom stereocenters. The number of guanidine groups is 1. The molecule has 0 aromatic rings. The number of hydrogen-bond donors (Lipinski definition) is 2. The lowest BCUT2D eigenvalue weighted by atomic mass is 10.2. The molecule has 0 saturated carbocycles. The van der Waals surface area contributed by atoms with Gasteiger partial charge in [0, 0.05) is 26.2 Å². The summed E-state index contributed by atoms with van der Waals surface area (Å²) in [5.74, 6) is 0.550. The van der Waals surface area contributed by atoms with Gasteiger partial charge in [0.05, 0.1) is 10.5 Å². The minimum Gasteiger partial charge on any atom is -0.357 e. The number of rotatable bonds is 4. The lowest BCUT2D eigenvalue weighted by molar-refractivity contribution is -0.119. The molecule has 1 fully saturated rings. The van der Waals surface area contributed by atoms with Crippen LogP contribution in [-0.2, 0) is 14.6 Å². The summed E-state index contributed by atoms with van der Waals surface area (Å²) in [6.45, 7) is 9.28. The third kappa shape index (κ3) is 4.59. The van der Waals surface area contributed by atoms with Gasteiger partial charge in [-0.25, -0.2) is 13.4 Å². The largest absolute Gasteiger partial charge is 0.357 e. The number of carbonyl (C=O) groups is 1. The third-order valence-corrected chi connectivity index (χ3v) is 5.96. The van der Waals surface area contributed by atoms with Crippen LogP contribution in [0, 0.1) is 0 Å². The molecular formula is C13H26N4O3S. The maximum atomic E-state index is 12.0. The maximum Gasteiger partial charge on any atom is 0.241 e. The van der Waals surface area contributed by atoms with Crippen molar-refractivity contribution >= 4 is 21.7 Å². The van der Waals surface area contributed by atoms with Crippen molar-refractivity contribution < 1.29 is 13.2 Å². The van der Waals surface area contributed by atoms with Gasteiger partial charge in [0.2, 0.25) is 5.91 Å². The summed E-state index contributed by atoms with van der Waals surface area (Å²) in [6.07, 6.45) is 0. The van der Waals surface area contributed by atoms with Gasteiger partial charge in [-0.05, 0) is 27.7 Å². The molecule has 1 heterocycles. The fourth-order valence-corrected chi connectivity index (χ4v) is 3.52. The van der Waals surface area contributed by atoms with Crippen LogP contribution in [0.4, 0.5) is 0 Å². The normalized spacial score (nSPS) is 21.0.